The van der Waals surface area contributed by atoms with Crippen molar-refractivity contribution in [3.63, 3.8) is 0 Å². The summed E-state index contributed by atoms with van der Waals surface area (Å²) < 4.78 is 8.09. The molecule has 1 atom stereocenters. The molecule has 6 aromatic rings. The molecule has 1 aliphatic carbocycles. The van der Waals surface area contributed by atoms with Crippen LogP contribution in [-0.4, -0.2) is 4.57 Å². The molecule has 0 saturated heterocycles. The SMILES string of the molecule is CC(C)c1cccc(C(C)C)c1-n1c2[n+]3c4c(cccc41)Sc1c-3c(cc3c1C(C)(C)CCC3(C)C)C21c2ccccc2-c2cccc[n+]21. The summed E-state index contributed by atoms with van der Waals surface area (Å²) in [6.45, 7) is 19.4. The normalized spacial score (nSPS) is 20.0. The van der Waals surface area contributed by atoms with Crippen molar-refractivity contribution in [1.82, 2.24) is 4.57 Å². The fraction of sp³-hybridized carbons (Fsp3) is 0.333. The molecule has 1 unspecified atom stereocenters. The average Bonchev–Trinajstić information content (AvgIpc) is 3.69. The predicted molar refractivity (Wildman–Crippen MR) is 200 cm³/mol. The zero-order valence-electron chi connectivity index (χ0n) is 30.0. The highest BCUT2D eigenvalue weighted by Crippen LogP contribution is 2.60. The molecule has 3 aliphatic heterocycles. The van der Waals surface area contributed by atoms with Crippen molar-refractivity contribution in [2.75, 3.05) is 0 Å². The Labute approximate surface area is 294 Å². The Balaban J connectivity index is 1.51. The summed E-state index contributed by atoms with van der Waals surface area (Å²) in [6.07, 6.45) is 4.74. The molecular formula is C45H45N3S+2. The molecule has 4 heteroatoms. The second kappa shape index (κ2) is 9.54. The summed E-state index contributed by atoms with van der Waals surface area (Å²) >= 11 is 2.03. The first-order chi connectivity index (χ1) is 23.5. The van der Waals surface area contributed by atoms with Crippen LogP contribution in [0.3, 0.4) is 0 Å². The molecular weight excluding hydrogens is 615 g/mol. The van der Waals surface area contributed by atoms with Gasteiger partial charge in [0.2, 0.25) is 5.69 Å². The highest BCUT2D eigenvalue weighted by atomic mass is 32.2. The standard InChI is InChI=1S/C45H45N3S/c1-26(2)28-16-13-17-29(27(3)4)38(28)47-35-20-14-21-36-40(35)48-39-33(25-32-37(41(39)49-36)44(7,8)23-22-43(32,5)6)45(42(47)48)31-18-10-9-15-30(31)34-19-11-12-24-46(34)45/h9-21,24-27H,22-23H2,1-8H3/q+2. The number of imidazole rings is 1. The number of aromatic nitrogens is 3. The zero-order chi connectivity index (χ0) is 33.8. The van der Waals surface area contributed by atoms with Crippen molar-refractivity contribution >= 4 is 22.8 Å². The molecule has 10 rings (SSSR count). The highest BCUT2D eigenvalue weighted by molar-refractivity contribution is 7.99. The van der Waals surface area contributed by atoms with E-state index in [1.807, 2.05) is 11.8 Å². The fourth-order valence-corrected chi connectivity index (χ4v) is 11.5. The minimum atomic E-state index is -0.552. The Hall–Kier alpha value is -4.15. The van der Waals surface area contributed by atoms with Crippen LogP contribution in [0.25, 0.3) is 33.7 Å². The molecule has 1 spiro atoms. The van der Waals surface area contributed by atoms with Crippen LogP contribution in [-0.2, 0) is 16.4 Å². The van der Waals surface area contributed by atoms with E-state index < -0.39 is 5.54 Å². The Bertz CT molecular complexity index is 2370. The van der Waals surface area contributed by atoms with Crippen LogP contribution < -0.4 is 9.13 Å². The van der Waals surface area contributed by atoms with E-state index in [0.29, 0.717) is 11.8 Å². The largest absolute Gasteiger partial charge is 0.352 e. The molecule has 0 radical (unpaired) electrons. The lowest BCUT2D eigenvalue weighted by molar-refractivity contribution is -0.733. The number of hydrogen-bond donors (Lipinski definition) is 0. The monoisotopic (exact) mass is 659 g/mol. The maximum atomic E-state index is 2.73. The number of rotatable bonds is 3. The second-order valence-corrected chi connectivity index (χ2v) is 17.9. The van der Waals surface area contributed by atoms with Gasteiger partial charge in [0.25, 0.3) is 0 Å². The van der Waals surface area contributed by atoms with E-state index in [-0.39, 0.29) is 10.8 Å². The van der Waals surface area contributed by atoms with Gasteiger partial charge in [0.15, 0.2) is 22.9 Å². The predicted octanol–water partition coefficient (Wildman–Crippen LogP) is 10.4. The van der Waals surface area contributed by atoms with E-state index in [9.17, 15) is 0 Å². The van der Waals surface area contributed by atoms with Crippen LogP contribution in [0.4, 0.5) is 0 Å². The molecule has 0 N–H and O–H groups in total. The topological polar surface area (TPSA) is 12.7 Å². The fourth-order valence-electron chi connectivity index (χ4n) is 10.0. The summed E-state index contributed by atoms with van der Waals surface area (Å²) in [5.41, 5.74) is 16.3. The lowest BCUT2D eigenvalue weighted by Gasteiger charge is -2.43. The molecule has 49 heavy (non-hydrogen) atoms. The first-order valence-corrected chi connectivity index (χ1v) is 19.0. The minimum absolute atomic E-state index is 0.0784. The number of para-hydroxylation sites is 2. The van der Waals surface area contributed by atoms with Gasteiger partial charge in [-0.25, -0.2) is 0 Å². The molecule has 0 fully saturated rings. The Kier molecular flexibility index (Phi) is 5.79. The Morgan fingerprint density at radius 2 is 1.41 bits per heavy atom. The summed E-state index contributed by atoms with van der Waals surface area (Å²) in [5, 5.41) is 0. The highest BCUT2D eigenvalue weighted by Gasteiger charge is 2.69. The number of fused-ring (bicyclic) bond motifs is 9. The van der Waals surface area contributed by atoms with Gasteiger partial charge < -0.3 is 0 Å². The van der Waals surface area contributed by atoms with E-state index >= 15 is 0 Å². The van der Waals surface area contributed by atoms with E-state index in [4.69, 9.17) is 0 Å². The maximum Gasteiger partial charge on any atom is 0.352 e. The van der Waals surface area contributed by atoms with Crippen LogP contribution in [0.15, 0.2) is 101 Å². The average molecular weight is 660 g/mol. The van der Waals surface area contributed by atoms with E-state index in [0.717, 1.165) is 0 Å². The van der Waals surface area contributed by atoms with E-state index in [2.05, 4.69) is 160 Å². The van der Waals surface area contributed by atoms with Crippen LogP contribution >= 0.6 is 11.8 Å². The van der Waals surface area contributed by atoms with E-state index in [1.54, 1.807) is 5.56 Å². The third kappa shape index (κ3) is 3.47. The minimum Gasteiger partial charge on any atom is -0.184 e. The molecule has 244 valence electrons. The second-order valence-electron chi connectivity index (χ2n) is 16.8. The van der Waals surface area contributed by atoms with Crippen LogP contribution in [0.5, 0.6) is 0 Å². The molecule has 2 aromatic heterocycles. The summed E-state index contributed by atoms with van der Waals surface area (Å²) in [6, 6.07) is 32.8. The molecule has 4 aromatic carbocycles. The van der Waals surface area contributed by atoms with Crippen molar-refractivity contribution in [3.05, 3.63) is 130 Å². The van der Waals surface area contributed by atoms with E-state index in [1.165, 1.54) is 89.9 Å². The summed E-state index contributed by atoms with van der Waals surface area (Å²) in [7, 11) is 0. The summed E-state index contributed by atoms with van der Waals surface area (Å²) in [5.74, 6) is 2.07. The van der Waals surface area contributed by atoms with Crippen molar-refractivity contribution in [2.24, 2.45) is 0 Å². The lowest BCUT2D eigenvalue weighted by atomic mass is 9.62. The first-order valence-electron chi connectivity index (χ1n) is 18.2. The van der Waals surface area contributed by atoms with Crippen molar-refractivity contribution in [2.45, 2.75) is 106 Å². The number of nitrogens with zero attached hydrogens (tertiary/aromatic N) is 3. The van der Waals surface area contributed by atoms with Gasteiger partial charge >= 0.3 is 11.4 Å². The van der Waals surface area contributed by atoms with Gasteiger partial charge in [-0.15, -0.1) is 0 Å². The van der Waals surface area contributed by atoms with Gasteiger partial charge in [0.1, 0.15) is 5.69 Å². The number of hydrogen-bond acceptors (Lipinski definition) is 1. The van der Waals surface area contributed by atoms with Gasteiger partial charge in [-0.05, 0) is 77.0 Å². The molecule has 3 nitrogen and oxygen atoms in total. The molecule has 0 amide bonds. The van der Waals surface area contributed by atoms with Gasteiger partial charge in [0, 0.05) is 23.3 Å². The van der Waals surface area contributed by atoms with Gasteiger partial charge in [0.05, 0.1) is 26.5 Å². The summed E-state index contributed by atoms with van der Waals surface area (Å²) in [4.78, 5) is 2.83. The van der Waals surface area contributed by atoms with Crippen molar-refractivity contribution < 1.29 is 9.13 Å². The zero-order valence-corrected chi connectivity index (χ0v) is 30.8. The maximum absolute atomic E-state index is 2.73. The number of benzene rings is 4. The number of pyridine rings is 1. The third-order valence-electron chi connectivity index (χ3n) is 12.4. The van der Waals surface area contributed by atoms with Crippen LogP contribution in [0, 0.1) is 0 Å². The van der Waals surface area contributed by atoms with Gasteiger partial charge in [-0.3, -0.25) is 0 Å². The first kappa shape index (κ1) is 29.7. The molecule has 4 aliphatic rings. The van der Waals surface area contributed by atoms with Gasteiger partial charge in [-0.2, -0.15) is 13.7 Å². The van der Waals surface area contributed by atoms with Crippen LogP contribution in [0.1, 0.15) is 119 Å². The molecule has 0 saturated carbocycles. The Morgan fingerprint density at radius 3 is 2.16 bits per heavy atom. The molecule has 0 bridgehead atoms. The third-order valence-corrected chi connectivity index (χ3v) is 13.6. The van der Waals surface area contributed by atoms with Crippen LogP contribution in [0.2, 0.25) is 0 Å². The van der Waals surface area contributed by atoms with Crippen molar-refractivity contribution in [3.8, 4) is 22.6 Å². The van der Waals surface area contributed by atoms with Gasteiger partial charge in [-0.1, -0.05) is 110 Å². The molecule has 5 heterocycles. The lowest BCUT2D eigenvalue weighted by Crippen LogP contribution is -2.57. The van der Waals surface area contributed by atoms with Crippen molar-refractivity contribution in [1.29, 1.82) is 0 Å². The quantitative estimate of drug-likeness (QED) is 0.172. The smallest absolute Gasteiger partial charge is 0.184 e. The Morgan fingerprint density at radius 1 is 0.714 bits per heavy atom.